The lowest BCUT2D eigenvalue weighted by atomic mass is 9.77. The summed E-state index contributed by atoms with van der Waals surface area (Å²) in [7, 11) is 0. The van der Waals surface area contributed by atoms with Crippen LogP contribution in [-0.2, 0) is 4.79 Å². The quantitative estimate of drug-likeness (QED) is 0.505. The minimum atomic E-state index is 0.0988. The molecule has 0 aromatic heterocycles. The van der Waals surface area contributed by atoms with Gasteiger partial charge in [0.1, 0.15) is 6.29 Å². The first kappa shape index (κ1) is 12.2. The molecule has 0 amide bonds. The molecule has 2 atom stereocenters. The van der Waals surface area contributed by atoms with Gasteiger partial charge in [-0.3, -0.25) is 0 Å². The second-order valence-corrected chi connectivity index (χ2v) is 5.04. The predicted molar refractivity (Wildman–Crippen MR) is 64.6 cm³/mol. The Morgan fingerprint density at radius 3 is 2.67 bits per heavy atom. The largest absolute Gasteiger partial charge is 0.303 e. The van der Waals surface area contributed by atoms with E-state index in [1.807, 2.05) is 6.92 Å². The molecule has 0 heterocycles. The average molecular weight is 206 g/mol. The van der Waals surface area contributed by atoms with E-state index in [0.717, 1.165) is 19.1 Å². The number of hydrogen-bond acceptors (Lipinski definition) is 1. The molecule has 15 heavy (non-hydrogen) atoms. The van der Waals surface area contributed by atoms with E-state index in [-0.39, 0.29) is 11.3 Å². The molecule has 0 saturated heterocycles. The van der Waals surface area contributed by atoms with E-state index in [4.69, 9.17) is 0 Å². The lowest BCUT2D eigenvalue weighted by Gasteiger charge is -2.27. The third-order valence-corrected chi connectivity index (χ3v) is 3.86. The van der Waals surface area contributed by atoms with Gasteiger partial charge in [0, 0.05) is 5.92 Å². The topological polar surface area (TPSA) is 17.1 Å². The molecule has 84 valence electrons. The smallest absolute Gasteiger partial charge is 0.126 e. The molecule has 1 unspecified atom stereocenters. The van der Waals surface area contributed by atoms with Crippen molar-refractivity contribution in [3.63, 3.8) is 0 Å². The van der Waals surface area contributed by atoms with E-state index >= 15 is 0 Å². The van der Waals surface area contributed by atoms with Crippen LogP contribution in [0.2, 0.25) is 0 Å². The van der Waals surface area contributed by atoms with E-state index < -0.39 is 0 Å². The zero-order valence-electron chi connectivity index (χ0n) is 10.3. The summed E-state index contributed by atoms with van der Waals surface area (Å²) < 4.78 is 0. The monoisotopic (exact) mass is 206 g/mol. The van der Waals surface area contributed by atoms with Crippen molar-refractivity contribution in [1.82, 2.24) is 0 Å². The molecule has 1 aliphatic carbocycles. The maximum absolute atomic E-state index is 10.7. The molecule has 0 aromatic carbocycles. The Bertz CT molecular complexity index is 284. The molecular weight excluding hydrogens is 184 g/mol. The van der Waals surface area contributed by atoms with Gasteiger partial charge in [0.25, 0.3) is 0 Å². The van der Waals surface area contributed by atoms with Gasteiger partial charge in [0.2, 0.25) is 0 Å². The minimum Gasteiger partial charge on any atom is -0.303 e. The van der Waals surface area contributed by atoms with Crippen LogP contribution >= 0.6 is 0 Å². The van der Waals surface area contributed by atoms with E-state index in [1.165, 1.54) is 5.57 Å². The van der Waals surface area contributed by atoms with E-state index in [9.17, 15) is 4.79 Å². The molecular formula is C14H22O. The fourth-order valence-electron chi connectivity index (χ4n) is 2.03. The number of carbonyl (C=O) groups excluding carboxylic acids is 1. The van der Waals surface area contributed by atoms with Crippen LogP contribution in [0, 0.1) is 17.3 Å². The van der Waals surface area contributed by atoms with Crippen LogP contribution in [0.25, 0.3) is 0 Å². The molecule has 0 bridgehead atoms. The van der Waals surface area contributed by atoms with Crippen molar-refractivity contribution in [2.75, 3.05) is 0 Å². The van der Waals surface area contributed by atoms with Crippen molar-refractivity contribution in [2.45, 2.75) is 40.5 Å². The van der Waals surface area contributed by atoms with Gasteiger partial charge in [-0.2, -0.15) is 0 Å². The number of carbonyl (C=O) groups is 1. The van der Waals surface area contributed by atoms with Crippen molar-refractivity contribution in [3.8, 4) is 0 Å². The molecule has 0 N–H and O–H groups in total. The van der Waals surface area contributed by atoms with Crippen molar-refractivity contribution in [2.24, 2.45) is 17.3 Å². The predicted octanol–water partition coefficient (Wildman–Crippen LogP) is 3.76. The third-order valence-electron chi connectivity index (χ3n) is 3.86. The second kappa shape index (κ2) is 4.78. The second-order valence-electron chi connectivity index (χ2n) is 5.04. The highest BCUT2D eigenvalue weighted by molar-refractivity contribution is 5.56. The Morgan fingerprint density at radius 2 is 2.27 bits per heavy atom. The number of rotatable bonds is 4. The maximum Gasteiger partial charge on any atom is 0.126 e. The summed E-state index contributed by atoms with van der Waals surface area (Å²) in [6, 6.07) is 0. The average Bonchev–Trinajstić information content (AvgIpc) is 2.45. The highest BCUT2D eigenvalue weighted by Crippen LogP contribution is 2.43. The van der Waals surface area contributed by atoms with E-state index in [0.29, 0.717) is 5.92 Å². The summed E-state index contributed by atoms with van der Waals surface area (Å²) >= 11 is 0. The molecule has 0 radical (unpaired) electrons. The van der Waals surface area contributed by atoms with Gasteiger partial charge in [0.05, 0.1) is 0 Å². The Labute approximate surface area is 93.3 Å². The van der Waals surface area contributed by atoms with Crippen molar-refractivity contribution < 1.29 is 4.79 Å². The van der Waals surface area contributed by atoms with Crippen LogP contribution < -0.4 is 0 Å². The van der Waals surface area contributed by atoms with Gasteiger partial charge < -0.3 is 4.79 Å². The van der Waals surface area contributed by atoms with Gasteiger partial charge in [-0.05, 0) is 31.1 Å². The molecule has 0 spiro atoms. The van der Waals surface area contributed by atoms with E-state index in [1.54, 1.807) is 0 Å². The molecule has 0 saturated carbocycles. The third kappa shape index (κ3) is 2.58. The Kier molecular flexibility index (Phi) is 3.90. The van der Waals surface area contributed by atoms with Gasteiger partial charge in [-0.25, -0.2) is 0 Å². The lowest BCUT2D eigenvalue weighted by molar-refractivity contribution is -0.109. The molecule has 0 aliphatic heterocycles. The number of aldehydes is 1. The van der Waals surface area contributed by atoms with Crippen LogP contribution in [0.5, 0.6) is 0 Å². The fourth-order valence-corrected chi connectivity index (χ4v) is 2.03. The summed E-state index contributed by atoms with van der Waals surface area (Å²) in [5.41, 5.74) is 1.73. The number of hydrogen-bond donors (Lipinski definition) is 0. The Morgan fingerprint density at radius 1 is 1.60 bits per heavy atom. The van der Waals surface area contributed by atoms with Gasteiger partial charge >= 0.3 is 0 Å². The summed E-state index contributed by atoms with van der Waals surface area (Å²) in [4.78, 5) is 10.7. The van der Waals surface area contributed by atoms with Crippen molar-refractivity contribution in [1.29, 1.82) is 0 Å². The van der Waals surface area contributed by atoms with Crippen molar-refractivity contribution >= 4 is 6.29 Å². The minimum absolute atomic E-state index is 0.0988. The van der Waals surface area contributed by atoms with Crippen LogP contribution in [-0.4, -0.2) is 6.29 Å². The first-order chi connectivity index (χ1) is 7.02. The summed E-state index contributed by atoms with van der Waals surface area (Å²) in [5, 5.41) is 0. The highest BCUT2D eigenvalue weighted by atomic mass is 16.1. The summed E-state index contributed by atoms with van der Waals surface area (Å²) in [6.07, 6.45) is 9.68. The zero-order chi connectivity index (χ0) is 11.5. The van der Waals surface area contributed by atoms with Crippen LogP contribution in [0.4, 0.5) is 0 Å². The van der Waals surface area contributed by atoms with Crippen molar-refractivity contribution in [3.05, 3.63) is 23.8 Å². The van der Waals surface area contributed by atoms with E-state index in [2.05, 4.69) is 39.0 Å². The summed E-state index contributed by atoms with van der Waals surface area (Å²) in [5.74, 6) is 0.660. The molecule has 0 fully saturated rings. The first-order valence-corrected chi connectivity index (χ1v) is 5.83. The molecule has 1 aliphatic rings. The standard InChI is InChI=1S/C14H22O/c1-5-12(10-15)7-9-13-8-6-11(2)14(13,3)4/h6-7,9-10,12-13H,5,8H2,1-4H3/b9-7+/t12?,13-/m1/s1. The molecule has 1 heteroatoms. The maximum atomic E-state index is 10.7. The molecule has 1 nitrogen and oxygen atoms in total. The molecule has 1 rings (SSSR count). The highest BCUT2D eigenvalue weighted by Gasteiger charge is 2.32. The zero-order valence-corrected chi connectivity index (χ0v) is 10.3. The Hall–Kier alpha value is -0.850. The van der Waals surface area contributed by atoms with Crippen LogP contribution in [0.15, 0.2) is 23.8 Å². The van der Waals surface area contributed by atoms with Crippen LogP contribution in [0.1, 0.15) is 40.5 Å². The molecule has 0 aromatic rings. The van der Waals surface area contributed by atoms with Gasteiger partial charge in [0.15, 0.2) is 0 Å². The van der Waals surface area contributed by atoms with Crippen LogP contribution in [0.3, 0.4) is 0 Å². The number of allylic oxidation sites excluding steroid dienone is 4. The fraction of sp³-hybridized carbons (Fsp3) is 0.643. The van der Waals surface area contributed by atoms with Gasteiger partial charge in [-0.1, -0.05) is 44.6 Å². The SMILES string of the molecule is CCC(C=O)/C=C/[C@H]1CC=C(C)C1(C)C. The normalized spacial score (nSPS) is 26.7. The summed E-state index contributed by atoms with van der Waals surface area (Å²) in [6.45, 7) is 8.81. The Balaban J connectivity index is 2.65. The lowest BCUT2D eigenvalue weighted by Crippen LogP contribution is -2.18. The van der Waals surface area contributed by atoms with Gasteiger partial charge in [-0.15, -0.1) is 0 Å². The first-order valence-electron chi connectivity index (χ1n) is 5.83.